The second kappa shape index (κ2) is 4.05. The van der Waals surface area contributed by atoms with Crippen LogP contribution in [-0.4, -0.2) is 30.3 Å². The maximum atomic E-state index is 10.6. The first kappa shape index (κ1) is 11.8. The summed E-state index contributed by atoms with van der Waals surface area (Å²) in [4.78, 5) is 0. The van der Waals surface area contributed by atoms with Gasteiger partial charge in [0.15, 0.2) is 11.5 Å². The molecule has 3 N–H and O–H groups in total. The minimum absolute atomic E-state index is 0.00944. The second-order valence-electron chi connectivity index (χ2n) is 2.80. The van der Waals surface area contributed by atoms with Crippen molar-refractivity contribution in [3.05, 3.63) is 23.8 Å². The summed E-state index contributed by atoms with van der Waals surface area (Å²) in [6.07, 6.45) is 0. The Morgan fingerprint density at radius 3 is 2.47 bits per heavy atom. The number of phenolic OH excluding ortho intramolecular Hbond substituents is 1. The van der Waals surface area contributed by atoms with Crippen molar-refractivity contribution in [3.8, 4) is 11.5 Å². The van der Waals surface area contributed by atoms with Crippen LogP contribution >= 0.6 is 0 Å². The Morgan fingerprint density at radius 2 is 2.00 bits per heavy atom. The van der Waals surface area contributed by atoms with E-state index in [1.54, 1.807) is 0 Å². The molecule has 0 saturated carbocycles. The van der Waals surface area contributed by atoms with Crippen molar-refractivity contribution in [1.29, 1.82) is 0 Å². The molecule has 0 bridgehead atoms. The summed E-state index contributed by atoms with van der Waals surface area (Å²) in [5, 5.41) is 18.4. The molecule has 1 aromatic carbocycles. The number of methoxy groups -OCH3 is 1. The Labute approximate surface area is 86.5 Å². The number of phenols is 1. The highest BCUT2D eigenvalue weighted by molar-refractivity contribution is 7.85. The number of rotatable bonds is 3. The van der Waals surface area contributed by atoms with E-state index >= 15 is 0 Å². The molecule has 0 aliphatic rings. The Hall–Kier alpha value is -1.31. The van der Waals surface area contributed by atoms with Gasteiger partial charge < -0.3 is 14.9 Å². The lowest BCUT2D eigenvalue weighted by atomic mass is 10.2. The zero-order valence-electron chi connectivity index (χ0n) is 7.78. The van der Waals surface area contributed by atoms with Crippen molar-refractivity contribution < 1.29 is 27.9 Å². The summed E-state index contributed by atoms with van der Waals surface area (Å²) >= 11 is 0. The minimum Gasteiger partial charge on any atom is -0.504 e. The molecular formula is C8H10O6S. The number of hydrogen-bond acceptors (Lipinski definition) is 5. The van der Waals surface area contributed by atoms with Crippen LogP contribution in [0.3, 0.4) is 0 Å². The number of aliphatic hydroxyl groups excluding tert-OH is 1. The van der Waals surface area contributed by atoms with Gasteiger partial charge in [-0.3, -0.25) is 4.55 Å². The first-order valence-corrected chi connectivity index (χ1v) is 5.38. The van der Waals surface area contributed by atoms with Crippen molar-refractivity contribution in [2.45, 2.75) is 5.44 Å². The zero-order chi connectivity index (χ0) is 11.6. The molecular weight excluding hydrogens is 224 g/mol. The van der Waals surface area contributed by atoms with Crippen LogP contribution in [0.5, 0.6) is 11.5 Å². The molecule has 0 fully saturated rings. The molecule has 0 heterocycles. The second-order valence-corrected chi connectivity index (χ2v) is 4.28. The summed E-state index contributed by atoms with van der Waals surface area (Å²) in [5.41, 5.74) is -2.14. The van der Waals surface area contributed by atoms with Gasteiger partial charge in [0.05, 0.1) is 7.11 Å². The molecule has 1 rings (SSSR count). The van der Waals surface area contributed by atoms with Gasteiger partial charge in [-0.1, -0.05) is 6.07 Å². The zero-order valence-corrected chi connectivity index (χ0v) is 8.60. The van der Waals surface area contributed by atoms with Crippen LogP contribution < -0.4 is 4.74 Å². The summed E-state index contributed by atoms with van der Waals surface area (Å²) in [6, 6.07) is 3.44. The fraction of sp³-hybridized carbons (Fsp3) is 0.250. The van der Waals surface area contributed by atoms with Crippen LogP contribution in [0.25, 0.3) is 0 Å². The number of aliphatic hydroxyl groups is 1. The van der Waals surface area contributed by atoms with Crippen molar-refractivity contribution in [1.82, 2.24) is 0 Å². The van der Waals surface area contributed by atoms with Gasteiger partial charge in [0, 0.05) is 5.56 Å². The third-order valence-electron chi connectivity index (χ3n) is 1.77. The lowest BCUT2D eigenvalue weighted by molar-refractivity contribution is 0.237. The molecule has 0 saturated heterocycles. The van der Waals surface area contributed by atoms with E-state index in [2.05, 4.69) is 0 Å². The molecule has 1 aromatic rings. The van der Waals surface area contributed by atoms with E-state index in [-0.39, 0.29) is 17.1 Å². The largest absolute Gasteiger partial charge is 0.504 e. The monoisotopic (exact) mass is 234 g/mol. The molecule has 6 nitrogen and oxygen atoms in total. The number of aromatic hydroxyl groups is 1. The van der Waals surface area contributed by atoms with E-state index in [4.69, 9.17) is 9.29 Å². The van der Waals surface area contributed by atoms with E-state index in [0.717, 1.165) is 18.2 Å². The van der Waals surface area contributed by atoms with Crippen molar-refractivity contribution in [3.63, 3.8) is 0 Å². The SMILES string of the molecule is COc1cc([C@@H](O)S(=O)(=O)O)ccc1O. The molecule has 0 aromatic heterocycles. The van der Waals surface area contributed by atoms with Gasteiger partial charge in [0.2, 0.25) is 5.44 Å². The van der Waals surface area contributed by atoms with Gasteiger partial charge >= 0.3 is 0 Å². The predicted molar refractivity (Wildman–Crippen MR) is 51.2 cm³/mol. The normalized spacial score (nSPS) is 13.5. The van der Waals surface area contributed by atoms with Gasteiger partial charge in [0.1, 0.15) is 0 Å². The first-order chi connectivity index (χ1) is 6.86. The van der Waals surface area contributed by atoms with E-state index < -0.39 is 15.6 Å². The summed E-state index contributed by atoms with van der Waals surface area (Å²) in [5.74, 6) is -0.181. The lowest BCUT2D eigenvalue weighted by Gasteiger charge is -2.09. The molecule has 0 aliphatic heterocycles. The van der Waals surface area contributed by atoms with E-state index in [1.807, 2.05) is 0 Å². The van der Waals surface area contributed by atoms with Gasteiger partial charge in [-0.2, -0.15) is 8.42 Å². The average Bonchev–Trinajstić information content (AvgIpc) is 2.16. The van der Waals surface area contributed by atoms with E-state index in [9.17, 15) is 18.6 Å². The number of ether oxygens (including phenoxy) is 1. The molecule has 1 atom stereocenters. The Balaban J connectivity index is 3.17. The molecule has 7 heteroatoms. The van der Waals surface area contributed by atoms with Gasteiger partial charge in [-0.15, -0.1) is 0 Å². The maximum Gasteiger partial charge on any atom is 0.296 e. The molecule has 0 unspecified atom stereocenters. The fourth-order valence-electron chi connectivity index (χ4n) is 1.02. The highest BCUT2D eigenvalue weighted by atomic mass is 32.2. The van der Waals surface area contributed by atoms with Crippen LogP contribution in [-0.2, 0) is 10.1 Å². The van der Waals surface area contributed by atoms with Crippen LogP contribution in [0.15, 0.2) is 18.2 Å². The Kier molecular flexibility index (Phi) is 3.18. The highest BCUT2D eigenvalue weighted by Crippen LogP contribution is 2.30. The van der Waals surface area contributed by atoms with E-state index in [1.165, 1.54) is 7.11 Å². The maximum absolute atomic E-state index is 10.6. The smallest absolute Gasteiger partial charge is 0.296 e. The number of hydrogen-bond donors (Lipinski definition) is 3. The Bertz CT molecular complexity index is 452. The van der Waals surface area contributed by atoms with Crippen LogP contribution in [0.2, 0.25) is 0 Å². The highest BCUT2D eigenvalue weighted by Gasteiger charge is 2.22. The van der Waals surface area contributed by atoms with Crippen molar-refractivity contribution in [2.75, 3.05) is 7.11 Å². The average molecular weight is 234 g/mol. The third kappa shape index (κ3) is 2.58. The van der Waals surface area contributed by atoms with Crippen LogP contribution in [0.1, 0.15) is 11.0 Å². The molecule has 84 valence electrons. The van der Waals surface area contributed by atoms with Crippen molar-refractivity contribution in [2.24, 2.45) is 0 Å². The number of benzene rings is 1. The lowest BCUT2D eigenvalue weighted by Crippen LogP contribution is -2.11. The molecule has 0 aliphatic carbocycles. The molecule has 0 radical (unpaired) electrons. The molecule has 0 spiro atoms. The van der Waals surface area contributed by atoms with E-state index in [0.29, 0.717) is 0 Å². The van der Waals surface area contributed by atoms with Gasteiger partial charge in [-0.25, -0.2) is 0 Å². The topological polar surface area (TPSA) is 104 Å². The molecule has 15 heavy (non-hydrogen) atoms. The third-order valence-corrected chi connectivity index (χ3v) is 2.61. The van der Waals surface area contributed by atoms with Crippen molar-refractivity contribution >= 4 is 10.1 Å². The van der Waals surface area contributed by atoms with Crippen LogP contribution in [0.4, 0.5) is 0 Å². The van der Waals surface area contributed by atoms with Gasteiger partial charge in [0.25, 0.3) is 10.1 Å². The quantitative estimate of drug-likeness (QED) is 0.649. The standard InChI is InChI=1S/C8H10O6S/c1-14-7-4-5(2-3-6(7)9)8(10)15(11,12)13/h2-4,8-10H,1H3,(H,11,12,13)/t8-/m0/s1. The summed E-state index contributed by atoms with van der Waals surface area (Å²) < 4.78 is 34.5. The first-order valence-electron chi connectivity index (χ1n) is 3.87. The Morgan fingerprint density at radius 1 is 1.40 bits per heavy atom. The predicted octanol–water partition coefficient (Wildman–Crippen LogP) is 0.280. The summed E-state index contributed by atoms with van der Waals surface area (Å²) in [6.45, 7) is 0. The molecule has 0 amide bonds. The summed E-state index contributed by atoms with van der Waals surface area (Å²) in [7, 11) is -3.30. The minimum atomic E-state index is -4.58. The van der Waals surface area contributed by atoms with Crippen LogP contribution in [0, 0.1) is 0 Å². The van der Waals surface area contributed by atoms with Gasteiger partial charge in [-0.05, 0) is 12.1 Å². The fourth-order valence-corrected chi connectivity index (χ4v) is 1.51.